The lowest BCUT2D eigenvalue weighted by Gasteiger charge is -2.23. The third kappa shape index (κ3) is 2.50. The molecule has 0 bridgehead atoms. The van der Waals surface area contributed by atoms with Crippen LogP contribution in [0, 0.1) is 17.1 Å². The Labute approximate surface area is 93.8 Å². The number of nitrogens with zero attached hydrogens (tertiary/aromatic N) is 1. The Kier molecular flexibility index (Phi) is 3.37. The first-order valence-electron chi connectivity index (χ1n) is 5.36. The van der Waals surface area contributed by atoms with E-state index in [-0.39, 0.29) is 11.7 Å². The summed E-state index contributed by atoms with van der Waals surface area (Å²) in [7, 11) is 0. The van der Waals surface area contributed by atoms with Crippen LogP contribution in [0.15, 0.2) is 18.2 Å². The number of piperidine rings is 1. The van der Waals surface area contributed by atoms with E-state index < -0.39 is 5.82 Å². The molecule has 0 radical (unpaired) electrons. The fraction of sp³-hybridized carbons (Fsp3) is 0.417. The molecule has 0 aliphatic carbocycles. The van der Waals surface area contributed by atoms with Gasteiger partial charge < -0.3 is 10.1 Å². The van der Waals surface area contributed by atoms with Crippen LogP contribution in [0.5, 0.6) is 5.75 Å². The van der Waals surface area contributed by atoms with Gasteiger partial charge in [-0.2, -0.15) is 5.26 Å². The molecule has 1 aliphatic heterocycles. The molecule has 1 atom stereocenters. The van der Waals surface area contributed by atoms with Crippen LogP contribution in [0.25, 0.3) is 0 Å². The van der Waals surface area contributed by atoms with Gasteiger partial charge in [0.25, 0.3) is 0 Å². The van der Waals surface area contributed by atoms with Crippen molar-refractivity contribution in [2.45, 2.75) is 18.9 Å². The summed E-state index contributed by atoms with van der Waals surface area (Å²) in [5, 5.41) is 11.8. The summed E-state index contributed by atoms with van der Waals surface area (Å²) < 4.78 is 18.9. The Bertz CT molecular complexity index is 408. The monoisotopic (exact) mass is 220 g/mol. The first-order valence-corrected chi connectivity index (χ1v) is 5.36. The molecule has 3 nitrogen and oxygen atoms in total. The van der Waals surface area contributed by atoms with Crippen LogP contribution < -0.4 is 10.1 Å². The van der Waals surface area contributed by atoms with E-state index in [0.717, 1.165) is 25.9 Å². The summed E-state index contributed by atoms with van der Waals surface area (Å²) in [6.45, 7) is 1.81. The highest BCUT2D eigenvalue weighted by molar-refractivity contribution is 5.36. The van der Waals surface area contributed by atoms with E-state index in [1.165, 1.54) is 12.1 Å². The van der Waals surface area contributed by atoms with Gasteiger partial charge in [0.1, 0.15) is 23.7 Å². The summed E-state index contributed by atoms with van der Waals surface area (Å²) >= 11 is 0. The Balaban J connectivity index is 2.04. The van der Waals surface area contributed by atoms with Gasteiger partial charge in [-0.15, -0.1) is 0 Å². The lowest BCUT2D eigenvalue weighted by molar-refractivity contribution is 0.166. The van der Waals surface area contributed by atoms with E-state index in [4.69, 9.17) is 10.00 Å². The summed E-state index contributed by atoms with van der Waals surface area (Å²) in [5.41, 5.74) is 0.0501. The second-order valence-corrected chi connectivity index (χ2v) is 3.84. The van der Waals surface area contributed by atoms with Crippen LogP contribution in [0.4, 0.5) is 4.39 Å². The summed E-state index contributed by atoms with van der Waals surface area (Å²) in [6, 6.07) is 6.13. The predicted molar refractivity (Wildman–Crippen MR) is 57.6 cm³/mol. The van der Waals surface area contributed by atoms with Gasteiger partial charge in [0, 0.05) is 12.6 Å². The second-order valence-electron chi connectivity index (χ2n) is 3.84. The van der Waals surface area contributed by atoms with Crippen LogP contribution in [0.3, 0.4) is 0 Å². The molecule has 1 N–H and O–H groups in total. The predicted octanol–water partition coefficient (Wildman–Crippen LogP) is 1.83. The van der Waals surface area contributed by atoms with Gasteiger partial charge in [-0.05, 0) is 31.5 Å². The maximum Gasteiger partial charge on any atom is 0.144 e. The summed E-state index contributed by atoms with van der Waals surface area (Å²) in [5.74, 6) is -0.0334. The van der Waals surface area contributed by atoms with Crippen LogP contribution in [0.1, 0.15) is 18.4 Å². The lowest BCUT2D eigenvalue weighted by Crippen LogP contribution is -2.37. The number of hydrogen-bond donors (Lipinski definition) is 1. The molecule has 2 rings (SSSR count). The zero-order valence-corrected chi connectivity index (χ0v) is 8.87. The minimum Gasteiger partial charge on any atom is -0.489 e. The van der Waals surface area contributed by atoms with Gasteiger partial charge in [-0.1, -0.05) is 0 Å². The highest BCUT2D eigenvalue weighted by Gasteiger charge is 2.14. The van der Waals surface area contributed by atoms with Crippen molar-refractivity contribution in [3.8, 4) is 11.8 Å². The van der Waals surface area contributed by atoms with E-state index in [2.05, 4.69) is 5.32 Å². The van der Waals surface area contributed by atoms with Gasteiger partial charge in [0.05, 0.1) is 5.56 Å². The fourth-order valence-corrected chi connectivity index (χ4v) is 1.77. The molecular weight excluding hydrogens is 207 g/mol. The van der Waals surface area contributed by atoms with Gasteiger partial charge in [0.15, 0.2) is 0 Å². The SMILES string of the molecule is N#Cc1ccc(O[C@H]2CCCNC2)cc1F. The van der Waals surface area contributed by atoms with Crippen molar-refractivity contribution in [2.75, 3.05) is 13.1 Å². The number of ether oxygens (including phenoxy) is 1. The van der Waals surface area contributed by atoms with Crippen molar-refractivity contribution in [2.24, 2.45) is 0 Å². The molecule has 0 unspecified atom stereocenters. The number of benzene rings is 1. The van der Waals surface area contributed by atoms with E-state index in [9.17, 15) is 4.39 Å². The Morgan fingerprint density at radius 2 is 2.38 bits per heavy atom. The zero-order chi connectivity index (χ0) is 11.4. The van der Waals surface area contributed by atoms with Crippen molar-refractivity contribution in [1.82, 2.24) is 5.32 Å². The Morgan fingerprint density at radius 3 is 3.00 bits per heavy atom. The molecule has 0 spiro atoms. The maximum atomic E-state index is 13.3. The quantitative estimate of drug-likeness (QED) is 0.827. The topological polar surface area (TPSA) is 45.0 Å². The van der Waals surface area contributed by atoms with Crippen molar-refractivity contribution in [3.05, 3.63) is 29.6 Å². The lowest BCUT2D eigenvalue weighted by atomic mass is 10.1. The van der Waals surface area contributed by atoms with Gasteiger partial charge >= 0.3 is 0 Å². The average molecular weight is 220 g/mol. The van der Waals surface area contributed by atoms with Crippen molar-refractivity contribution < 1.29 is 9.13 Å². The Hall–Kier alpha value is -1.60. The van der Waals surface area contributed by atoms with Gasteiger partial charge in [0.2, 0.25) is 0 Å². The molecule has 84 valence electrons. The second kappa shape index (κ2) is 4.95. The first kappa shape index (κ1) is 10.9. The summed E-state index contributed by atoms with van der Waals surface area (Å²) in [4.78, 5) is 0. The van der Waals surface area contributed by atoms with Crippen LogP contribution >= 0.6 is 0 Å². The summed E-state index contributed by atoms with van der Waals surface area (Å²) in [6.07, 6.45) is 2.15. The smallest absolute Gasteiger partial charge is 0.144 e. The largest absolute Gasteiger partial charge is 0.489 e. The highest BCUT2D eigenvalue weighted by atomic mass is 19.1. The normalized spacial score (nSPS) is 20.1. The van der Waals surface area contributed by atoms with Crippen LogP contribution in [0.2, 0.25) is 0 Å². The number of rotatable bonds is 2. The highest BCUT2D eigenvalue weighted by Crippen LogP contribution is 2.19. The average Bonchev–Trinajstić information content (AvgIpc) is 2.31. The zero-order valence-electron chi connectivity index (χ0n) is 8.87. The molecule has 1 heterocycles. The van der Waals surface area contributed by atoms with E-state index in [1.807, 2.05) is 0 Å². The third-order valence-corrected chi connectivity index (χ3v) is 2.62. The van der Waals surface area contributed by atoms with E-state index in [0.29, 0.717) is 5.75 Å². The first-order chi connectivity index (χ1) is 7.79. The molecule has 1 fully saturated rings. The molecule has 0 saturated carbocycles. The Morgan fingerprint density at radius 1 is 1.50 bits per heavy atom. The molecule has 1 aromatic carbocycles. The minimum absolute atomic E-state index is 0.0501. The van der Waals surface area contributed by atoms with Crippen molar-refractivity contribution in [1.29, 1.82) is 5.26 Å². The molecule has 1 saturated heterocycles. The van der Waals surface area contributed by atoms with Crippen LogP contribution in [-0.4, -0.2) is 19.2 Å². The molecule has 0 aromatic heterocycles. The van der Waals surface area contributed by atoms with Crippen molar-refractivity contribution >= 4 is 0 Å². The van der Waals surface area contributed by atoms with Crippen LogP contribution in [-0.2, 0) is 0 Å². The molecule has 16 heavy (non-hydrogen) atoms. The fourth-order valence-electron chi connectivity index (χ4n) is 1.77. The number of nitrogens with one attached hydrogen (secondary N) is 1. The minimum atomic E-state index is -0.524. The van der Waals surface area contributed by atoms with Gasteiger partial charge in [-0.3, -0.25) is 0 Å². The molecule has 0 amide bonds. The van der Waals surface area contributed by atoms with E-state index in [1.54, 1.807) is 12.1 Å². The molecule has 1 aliphatic rings. The van der Waals surface area contributed by atoms with Gasteiger partial charge in [-0.25, -0.2) is 4.39 Å². The van der Waals surface area contributed by atoms with Crippen molar-refractivity contribution in [3.63, 3.8) is 0 Å². The maximum absolute atomic E-state index is 13.3. The number of halogens is 1. The third-order valence-electron chi connectivity index (χ3n) is 2.62. The number of hydrogen-bond acceptors (Lipinski definition) is 3. The molecule has 4 heteroatoms. The molecular formula is C12H13FN2O. The number of nitriles is 1. The van der Waals surface area contributed by atoms with E-state index >= 15 is 0 Å². The standard InChI is InChI=1S/C12H13FN2O/c13-12-6-10(4-3-9(12)7-14)16-11-2-1-5-15-8-11/h3-4,6,11,15H,1-2,5,8H2/t11-/m0/s1. The molecule has 1 aromatic rings.